The minimum Gasteiger partial charge on any atom is -0.361 e. The fraction of sp³-hybridized carbons (Fsp3) is 0.583. The Balaban J connectivity index is 1.91. The first-order chi connectivity index (χ1) is 13.8. The highest BCUT2D eigenvalue weighted by Crippen LogP contribution is 2.37. The fourth-order valence-electron chi connectivity index (χ4n) is 4.88. The maximum atomic E-state index is 13.8. The second-order valence-corrected chi connectivity index (χ2v) is 8.52. The summed E-state index contributed by atoms with van der Waals surface area (Å²) in [4.78, 5) is 15.8. The highest BCUT2D eigenvalue weighted by molar-refractivity contribution is 5.84. The van der Waals surface area contributed by atoms with Crippen molar-refractivity contribution >= 4 is 5.91 Å². The van der Waals surface area contributed by atoms with Gasteiger partial charge in [0.1, 0.15) is 11.6 Å². The molecule has 1 fully saturated rings. The van der Waals surface area contributed by atoms with E-state index in [0.29, 0.717) is 5.76 Å². The Morgan fingerprint density at radius 3 is 2.31 bits per heavy atom. The molecule has 2 atom stereocenters. The second kappa shape index (κ2) is 9.10. The van der Waals surface area contributed by atoms with Gasteiger partial charge in [0.15, 0.2) is 0 Å². The molecule has 2 aromatic rings. The first-order valence-electron chi connectivity index (χ1n) is 10.8. The minimum atomic E-state index is -0.326. The van der Waals surface area contributed by atoms with Crippen molar-refractivity contribution in [2.75, 3.05) is 0 Å². The van der Waals surface area contributed by atoms with Crippen molar-refractivity contribution in [3.05, 3.63) is 52.7 Å². The molecule has 4 nitrogen and oxygen atoms in total. The van der Waals surface area contributed by atoms with Crippen LogP contribution in [0.5, 0.6) is 0 Å². The summed E-state index contributed by atoms with van der Waals surface area (Å²) in [6.07, 6.45) is 5.54. The molecule has 1 aromatic heterocycles. The Hall–Kier alpha value is -2.17. The van der Waals surface area contributed by atoms with Gasteiger partial charge in [-0.3, -0.25) is 4.79 Å². The molecule has 0 bridgehead atoms. The summed E-state index contributed by atoms with van der Waals surface area (Å²) in [5.41, 5.74) is 2.62. The van der Waals surface area contributed by atoms with E-state index in [4.69, 9.17) is 4.52 Å². The molecule has 1 amide bonds. The van der Waals surface area contributed by atoms with Crippen LogP contribution in [0.15, 0.2) is 28.8 Å². The molecule has 0 radical (unpaired) electrons. The van der Waals surface area contributed by atoms with Crippen LogP contribution in [0.3, 0.4) is 0 Å². The number of halogens is 1. The van der Waals surface area contributed by atoms with E-state index in [2.05, 4.69) is 23.9 Å². The highest BCUT2D eigenvalue weighted by atomic mass is 19.1. The quantitative estimate of drug-likeness (QED) is 0.589. The lowest BCUT2D eigenvalue weighted by molar-refractivity contribution is -0.138. The highest BCUT2D eigenvalue weighted by Gasteiger charge is 2.36. The van der Waals surface area contributed by atoms with Gasteiger partial charge in [0.05, 0.1) is 17.7 Å². The van der Waals surface area contributed by atoms with Gasteiger partial charge in [0, 0.05) is 11.6 Å². The average molecular weight is 401 g/mol. The van der Waals surface area contributed by atoms with Crippen LogP contribution in [-0.4, -0.2) is 22.0 Å². The number of aromatic nitrogens is 1. The van der Waals surface area contributed by atoms with Crippen molar-refractivity contribution in [2.45, 2.75) is 84.7 Å². The molecule has 5 heteroatoms. The molecule has 0 spiro atoms. The third-order valence-electron chi connectivity index (χ3n) is 6.70. The second-order valence-electron chi connectivity index (χ2n) is 8.52. The van der Waals surface area contributed by atoms with Crippen molar-refractivity contribution in [3.8, 4) is 0 Å². The van der Waals surface area contributed by atoms with Crippen molar-refractivity contribution in [2.24, 2.45) is 5.92 Å². The third-order valence-corrected chi connectivity index (χ3v) is 6.70. The van der Waals surface area contributed by atoms with Crippen molar-refractivity contribution < 1.29 is 13.7 Å². The van der Waals surface area contributed by atoms with Gasteiger partial charge >= 0.3 is 0 Å². The molecule has 0 saturated heterocycles. The molecule has 158 valence electrons. The molecule has 1 heterocycles. The van der Waals surface area contributed by atoms with Crippen molar-refractivity contribution in [3.63, 3.8) is 0 Å². The first kappa shape index (κ1) is 21.5. The van der Waals surface area contributed by atoms with E-state index in [1.54, 1.807) is 12.1 Å². The number of amides is 1. The molecule has 0 aliphatic heterocycles. The van der Waals surface area contributed by atoms with E-state index in [-0.39, 0.29) is 29.7 Å². The maximum Gasteiger partial charge on any atom is 0.230 e. The summed E-state index contributed by atoms with van der Waals surface area (Å²) in [5, 5.41) is 4.04. The van der Waals surface area contributed by atoms with Gasteiger partial charge in [-0.1, -0.05) is 30.6 Å². The molecule has 1 saturated carbocycles. The summed E-state index contributed by atoms with van der Waals surface area (Å²) in [6, 6.07) is 6.61. The van der Waals surface area contributed by atoms with Crippen LogP contribution in [0.1, 0.15) is 87.4 Å². The van der Waals surface area contributed by atoms with Crippen LogP contribution in [0, 0.1) is 25.6 Å². The number of aryl methyl sites for hydroxylation is 2. The Morgan fingerprint density at radius 2 is 1.79 bits per heavy atom. The number of benzene rings is 1. The monoisotopic (exact) mass is 400 g/mol. The van der Waals surface area contributed by atoms with Gasteiger partial charge in [-0.05, 0) is 77.0 Å². The lowest BCUT2D eigenvalue weighted by Gasteiger charge is -2.42. The predicted molar refractivity (Wildman–Crippen MR) is 112 cm³/mol. The van der Waals surface area contributed by atoms with E-state index >= 15 is 0 Å². The molecule has 0 unspecified atom stereocenters. The third kappa shape index (κ3) is 4.54. The standard InChI is InChI=1S/C24H33FN2O2/c1-6-19-7-13-22(14-8-19)27(17(4)20-9-11-21(25)12-10-20)24(28)15(2)23-16(3)26-29-18(23)5/h9-12,15,17,19,22H,6-8,13-14H2,1-5H3/t15-,17-,19?,22?/m1/s1. The van der Waals surface area contributed by atoms with E-state index in [1.165, 1.54) is 18.6 Å². The minimum absolute atomic E-state index is 0.0937. The topological polar surface area (TPSA) is 46.3 Å². The Kier molecular flexibility index (Phi) is 6.76. The zero-order valence-electron chi connectivity index (χ0n) is 18.2. The Morgan fingerprint density at radius 1 is 1.17 bits per heavy atom. The van der Waals surface area contributed by atoms with Gasteiger partial charge in [0.2, 0.25) is 5.91 Å². The lowest BCUT2D eigenvalue weighted by Crippen LogP contribution is -2.45. The van der Waals surface area contributed by atoms with Crippen LogP contribution in [-0.2, 0) is 4.79 Å². The van der Waals surface area contributed by atoms with Crippen LogP contribution >= 0.6 is 0 Å². The summed E-state index contributed by atoms with van der Waals surface area (Å²) in [6.45, 7) is 9.98. The number of nitrogens with zero attached hydrogens (tertiary/aromatic N) is 2. The van der Waals surface area contributed by atoms with E-state index in [9.17, 15) is 9.18 Å². The molecular weight excluding hydrogens is 367 g/mol. The van der Waals surface area contributed by atoms with Gasteiger partial charge in [-0.25, -0.2) is 4.39 Å². The number of carbonyl (C=O) groups excluding carboxylic acids is 1. The smallest absolute Gasteiger partial charge is 0.230 e. The molecule has 3 rings (SSSR count). The van der Waals surface area contributed by atoms with E-state index in [1.807, 2.05) is 20.8 Å². The number of hydrogen-bond acceptors (Lipinski definition) is 3. The summed E-state index contributed by atoms with van der Waals surface area (Å²) < 4.78 is 18.8. The van der Waals surface area contributed by atoms with Crippen LogP contribution in [0.4, 0.5) is 4.39 Å². The summed E-state index contributed by atoms with van der Waals surface area (Å²) >= 11 is 0. The normalized spacial score (nSPS) is 21.6. The maximum absolute atomic E-state index is 13.8. The SMILES string of the molecule is CCC1CCC(N(C(=O)[C@H](C)c2c(C)noc2C)[C@H](C)c2ccc(F)cc2)CC1. The van der Waals surface area contributed by atoms with E-state index in [0.717, 1.165) is 48.4 Å². The van der Waals surface area contributed by atoms with Crippen molar-refractivity contribution in [1.82, 2.24) is 10.1 Å². The van der Waals surface area contributed by atoms with Gasteiger partial charge < -0.3 is 9.42 Å². The average Bonchev–Trinajstić information content (AvgIpc) is 3.06. The largest absolute Gasteiger partial charge is 0.361 e. The van der Waals surface area contributed by atoms with Crippen molar-refractivity contribution in [1.29, 1.82) is 0 Å². The van der Waals surface area contributed by atoms with Gasteiger partial charge in [0.25, 0.3) is 0 Å². The molecule has 29 heavy (non-hydrogen) atoms. The number of hydrogen-bond donors (Lipinski definition) is 0. The first-order valence-corrected chi connectivity index (χ1v) is 10.8. The predicted octanol–water partition coefficient (Wildman–Crippen LogP) is 6.09. The van der Waals surface area contributed by atoms with Gasteiger partial charge in [-0.15, -0.1) is 0 Å². The zero-order chi connectivity index (χ0) is 21.1. The van der Waals surface area contributed by atoms with Crippen LogP contribution in [0.25, 0.3) is 0 Å². The fourth-order valence-corrected chi connectivity index (χ4v) is 4.88. The molecule has 1 aliphatic carbocycles. The molecule has 1 aliphatic rings. The van der Waals surface area contributed by atoms with E-state index < -0.39 is 0 Å². The van der Waals surface area contributed by atoms with Gasteiger partial charge in [-0.2, -0.15) is 0 Å². The Labute approximate surface area is 173 Å². The molecule has 1 aromatic carbocycles. The number of carbonyl (C=O) groups is 1. The lowest BCUT2D eigenvalue weighted by atomic mass is 9.82. The molecular formula is C24H33FN2O2. The Bertz CT molecular complexity index is 802. The number of rotatable bonds is 6. The molecule has 0 N–H and O–H groups in total. The van der Waals surface area contributed by atoms with Crippen LogP contribution < -0.4 is 0 Å². The van der Waals surface area contributed by atoms with Crippen LogP contribution in [0.2, 0.25) is 0 Å². The zero-order valence-corrected chi connectivity index (χ0v) is 18.2. The summed E-state index contributed by atoms with van der Waals surface area (Å²) in [7, 11) is 0. The summed E-state index contributed by atoms with van der Waals surface area (Å²) in [5.74, 6) is 0.965.